The van der Waals surface area contributed by atoms with Crippen molar-refractivity contribution in [3.63, 3.8) is 0 Å². The fraction of sp³-hybridized carbons (Fsp3) is 0.353. The zero-order valence-electron chi connectivity index (χ0n) is 11.0. The van der Waals surface area contributed by atoms with Crippen LogP contribution in [-0.2, 0) is 6.42 Å². The van der Waals surface area contributed by atoms with Gasteiger partial charge in [-0.3, -0.25) is 4.79 Å². The van der Waals surface area contributed by atoms with Crippen molar-refractivity contribution in [3.8, 4) is 0 Å². The number of Topliss-reactive ketones (excluding diaryl/α,β-unsaturated/α-hetero) is 1. The van der Waals surface area contributed by atoms with Crippen LogP contribution in [0.3, 0.4) is 0 Å². The van der Waals surface area contributed by atoms with Crippen molar-refractivity contribution in [2.24, 2.45) is 0 Å². The topological polar surface area (TPSA) is 17.1 Å². The Balaban J connectivity index is 2.07. The number of ketones is 1. The van der Waals surface area contributed by atoms with E-state index >= 15 is 0 Å². The maximum absolute atomic E-state index is 12.2. The summed E-state index contributed by atoms with van der Waals surface area (Å²) in [4.78, 5) is 12.2. The number of aryl methyl sites for hydroxylation is 1. The van der Waals surface area contributed by atoms with Gasteiger partial charge in [0.2, 0.25) is 0 Å². The summed E-state index contributed by atoms with van der Waals surface area (Å²) in [5, 5.41) is 0. The van der Waals surface area contributed by atoms with Crippen LogP contribution >= 0.6 is 0 Å². The molecule has 1 aromatic carbocycles. The largest absolute Gasteiger partial charge is 0.289 e. The number of rotatable bonds is 5. The zero-order chi connectivity index (χ0) is 12.8. The van der Waals surface area contributed by atoms with Crippen molar-refractivity contribution in [3.05, 3.63) is 59.2 Å². The van der Waals surface area contributed by atoms with E-state index in [0.717, 1.165) is 30.4 Å². The van der Waals surface area contributed by atoms with Gasteiger partial charge in [0, 0.05) is 11.1 Å². The molecule has 0 atom stereocenters. The molecule has 94 valence electrons. The monoisotopic (exact) mass is 240 g/mol. The maximum atomic E-state index is 12.2. The van der Waals surface area contributed by atoms with Gasteiger partial charge in [0.05, 0.1) is 0 Å². The summed E-state index contributed by atoms with van der Waals surface area (Å²) in [7, 11) is 0. The molecule has 0 radical (unpaired) electrons. The minimum Gasteiger partial charge on any atom is -0.289 e. The predicted molar refractivity (Wildman–Crippen MR) is 75.8 cm³/mol. The number of carbonyl (C=O) groups is 1. The Morgan fingerprint density at radius 1 is 1.17 bits per heavy atom. The third kappa shape index (κ3) is 3.19. The van der Waals surface area contributed by atoms with E-state index in [-0.39, 0.29) is 5.78 Å². The van der Waals surface area contributed by atoms with E-state index in [2.05, 4.69) is 25.1 Å². The molecule has 18 heavy (non-hydrogen) atoms. The Labute approximate surface area is 109 Å². The van der Waals surface area contributed by atoms with Crippen molar-refractivity contribution in [2.75, 3.05) is 0 Å². The van der Waals surface area contributed by atoms with Crippen LogP contribution in [0, 0.1) is 0 Å². The molecule has 0 bridgehead atoms. The molecule has 0 heterocycles. The molecular formula is C17H20O. The second-order valence-corrected chi connectivity index (χ2v) is 4.77. The SMILES string of the molecule is CCCCc1ccc(C(=O)C2=CCCC=C2)cc1. The highest BCUT2D eigenvalue weighted by molar-refractivity contribution is 6.10. The summed E-state index contributed by atoms with van der Waals surface area (Å²) in [5.41, 5.74) is 2.96. The molecule has 0 spiro atoms. The summed E-state index contributed by atoms with van der Waals surface area (Å²) in [5.74, 6) is 0.146. The molecule has 0 N–H and O–H groups in total. The predicted octanol–water partition coefficient (Wildman–Crippen LogP) is 4.49. The highest BCUT2D eigenvalue weighted by Crippen LogP contribution is 2.16. The maximum Gasteiger partial charge on any atom is 0.192 e. The van der Waals surface area contributed by atoms with E-state index in [1.165, 1.54) is 18.4 Å². The van der Waals surface area contributed by atoms with Crippen LogP contribution in [0.2, 0.25) is 0 Å². The Kier molecular flexibility index (Phi) is 4.52. The standard InChI is InChI=1S/C17H20O/c1-2-3-7-14-10-12-16(13-11-14)17(18)15-8-5-4-6-9-15/h5,8-13H,2-4,6-7H2,1H3. The van der Waals surface area contributed by atoms with E-state index in [0.29, 0.717) is 0 Å². The van der Waals surface area contributed by atoms with Crippen molar-refractivity contribution in [1.29, 1.82) is 0 Å². The average molecular weight is 240 g/mol. The lowest BCUT2D eigenvalue weighted by molar-refractivity contribution is 0.103. The quantitative estimate of drug-likeness (QED) is 0.693. The van der Waals surface area contributed by atoms with Crippen molar-refractivity contribution < 1.29 is 4.79 Å². The molecule has 1 aromatic rings. The van der Waals surface area contributed by atoms with Crippen LogP contribution in [0.15, 0.2) is 48.1 Å². The summed E-state index contributed by atoms with van der Waals surface area (Å²) in [6.07, 6.45) is 11.6. The first-order valence-corrected chi connectivity index (χ1v) is 6.81. The Bertz CT molecular complexity index is 463. The Morgan fingerprint density at radius 3 is 2.56 bits per heavy atom. The van der Waals surface area contributed by atoms with Crippen LogP contribution < -0.4 is 0 Å². The molecule has 1 nitrogen and oxygen atoms in total. The van der Waals surface area contributed by atoms with Gasteiger partial charge < -0.3 is 0 Å². The van der Waals surface area contributed by atoms with Crippen LogP contribution in [0.4, 0.5) is 0 Å². The minimum absolute atomic E-state index is 0.146. The molecule has 0 aliphatic heterocycles. The molecule has 0 saturated heterocycles. The van der Waals surface area contributed by atoms with Gasteiger partial charge in [-0.05, 0) is 31.2 Å². The lowest BCUT2D eigenvalue weighted by atomic mass is 9.97. The number of unbranched alkanes of at least 4 members (excludes halogenated alkanes) is 1. The molecule has 2 rings (SSSR count). The molecule has 0 aromatic heterocycles. The van der Waals surface area contributed by atoms with Crippen LogP contribution in [-0.4, -0.2) is 5.78 Å². The lowest BCUT2D eigenvalue weighted by Crippen LogP contribution is -2.03. The van der Waals surface area contributed by atoms with Crippen molar-refractivity contribution in [2.45, 2.75) is 39.0 Å². The highest BCUT2D eigenvalue weighted by atomic mass is 16.1. The number of hydrogen-bond acceptors (Lipinski definition) is 1. The van der Waals surface area contributed by atoms with E-state index in [4.69, 9.17) is 0 Å². The highest BCUT2D eigenvalue weighted by Gasteiger charge is 2.10. The molecule has 1 heteroatoms. The number of carbonyl (C=O) groups excluding carboxylic acids is 1. The first kappa shape index (κ1) is 12.8. The van der Waals surface area contributed by atoms with Gasteiger partial charge in [0.25, 0.3) is 0 Å². The minimum atomic E-state index is 0.146. The van der Waals surface area contributed by atoms with Gasteiger partial charge in [-0.25, -0.2) is 0 Å². The molecule has 1 aliphatic carbocycles. The third-order valence-corrected chi connectivity index (χ3v) is 3.29. The Morgan fingerprint density at radius 2 is 1.94 bits per heavy atom. The first-order valence-electron chi connectivity index (χ1n) is 6.81. The summed E-state index contributed by atoms with van der Waals surface area (Å²) >= 11 is 0. The summed E-state index contributed by atoms with van der Waals surface area (Å²) in [6, 6.07) is 8.07. The van der Waals surface area contributed by atoms with Gasteiger partial charge >= 0.3 is 0 Å². The smallest absolute Gasteiger partial charge is 0.192 e. The van der Waals surface area contributed by atoms with Crippen LogP contribution in [0.1, 0.15) is 48.5 Å². The fourth-order valence-electron chi connectivity index (χ4n) is 2.15. The van der Waals surface area contributed by atoms with Gasteiger partial charge in [0.15, 0.2) is 5.78 Å². The molecule has 0 saturated carbocycles. The number of hydrogen-bond donors (Lipinski definition) is 0. The van der Waals surface area contributed by atoms with Gasteiger partial charge in [0.1, 0.15) is 0 Å². The molecule has 0 amide bonds. The molecule has 0 unspecified atom stereocenters. The van der Waals surface area contributed by atoms with Crippen LogP contribution in [0.5, 0.6) is 0 Å². The second kappa shape index (κ2) is 6.34. The summed E-state index contributed by atoms with van der Waals surface area (Å²) in [6.45, 7) is 2.19. The van der Waals surface area contributed by atoms with E-state index in [1.54, 1.807) is 0 Å². The normalized spacial score (nSPS) is 14.4. The molecular weight excluding hydrogens is 220 g/mol. The molecule has 0 fully saturated rings. The average Bonchev–Trinajstić information content (AvgIpc) is 2.46. The number of benzene rings is 1. The van der Waals surface area contributed by atoms with Crippen molar-refractivity contribution >= 4 is 5.78 Å². The molecule has 1 aliphatic rings. The van der Waals surface area contributed by atoms with Gasteiger partial charge in [-0.1, -0.05) is 55.8 Å². The van der Waals surface area contributed by atoms with Gasteiger partial charge in [-0.2, -0.15) is 0 Å². The van der Waals surface area contributed by atoms with E-state index in [1.807, 2.05) is 24.3 Å². The van der Waals surface area contributed by atoms with Crippen molar-refractivity contribution in [1.82, 2.24) is 0 Å². The van der Waals surface area contributed by atoms with Crippen LogP contribution in [0.25, 0.3) is 0 Å². The third-order valence-electron chi connectivity index (χ3n) is 3.29. The fourth-order valence-corrected chi connectivity index (χ4v) is 2.15. The Hall–Kier alpha value is -1.63. The number of allylic oxidation sites excluding steroid dienone is 4. The van der Waals surface area contributed by atoms with E-state index in [9.17, 15) is 4.79 Å². The van der Waals surface area contributed by atoms with Gasteiger partial charge in [-0.15, -0.1) is 0 Å². The zero-order valence-corrected chi connectivity index (χ0v) is 11.0. The summed E-state index contributed by atoms with van der Waals surface area (Å²) < 4.78 is 0. The van der Waals surface area contributed by atoms with E-state index < -0.39 is 0 Å². The second-order valence-electron chi connectivity index (χ2n) is 4.77. The first-order chi connectivity index (χ1) is 8.81. The lowest BCUT2D eigenvalue weighted by Gasteiger charge is -2.07.